The monoisotopic (exact) mass is 407 g/mol. The van der Waals surface area contributed by atoms with Crippen molar-refractivity contribution in [2.75, 3.05) is 6.61 Å². The van der Waals surface area contributed by atoms with Crippen molar-refractivity contribution in [2.45, 2.75) is 59.8 Å². The van der Waals surface area contributed by atoms with Gasteiger partial charge in [-0.05, 0) is 49.3 Å². The number of fused-ring (bicyclic) bond motifs is 1. The van der Waals surface area contributed by atoms with Crippen LogP contribution in [0.3, 0.4) is 0 Å². The largest absolute Gasteiger partial charge is 0.461 e. The normalized spacial score (nSPS) is 15.4. The highest BCUT2D eigenvalue weighted by Gasteiger charge is 2.28. The van der Waals surface area contributed by atoms with Gasteiger partial charge in [-0.3, -0.25) is 0 Å². The summed E-state index contributed by atoms with van der Waals surface area (Å²) in [5.41, 5.74) is 4.02. The number of esters is 1. The van der Waals surface area contributed by atoms with Gasteiger partial charge in [0.1, 0.15) is 11.6 Å². The van der Waals surface area contributed by atoms with E-state index in [2.05, 4.69) is 39.7 Å². The molecule has 0 fully saturated rings. The number of unbranched alkanes of at least 4 members (excludes halogenated alkanes) is 1. The Morgan fingerprint density at radius 1 is 1.27 bits per heavy atom. The van der Waals surface area contributed by atoms with E-state index in [9.17, 15) is 10.1 Å². The number of benzene rings is 1. The molecule has 0 amide bonds. The van der Waals surface area contributed by atoms with Crippen LogP contribution in [0.4, 0.5) is 0 Å². The molecule has 3 nitrogen and oxygen atoms in total. The van der Waals surface area contributed by atoms with Crippen LogP contribution in [0.2, 0.25) is 0 Å². The Hall–Kier alpha value is -2.86. The van der Waals surface area contributed by atoms with E-state index in [1.807, 2.05) is 44.2 Å². The first-order chi connectivity index (χ1) is 14.6. The summed E-state index contributed by atoms with van der Waals surface area (Å²) in [6, 6.07) is 10.0. The minimum atomic E-state index is -0.497. The molecule has 0 N–H and O–H groups in total. The highest BCUT2D eigenvalue weighted by Crippen LogP contribution is 2.38. The number of nitrogens with zero attached hydrogens (tertiary/aromatic N) is 1. The Bertz CT molecular complexity index is 780. The second-order valence-electron chi connectivity index (χ2n) is 6.93. The third-order valence-electron chi connectivity index (χ3n) is 4.90. The van der Waals surface area contributed by atoms with Gasteiger partial charge in [0.25, 0.3) is 0 Å². The fourth-order valence-electron chi connectivity index (χ4n) is 3.29. The first kappa shape index (κ1) is 27.1. The lowest BCUT2D eigenvalue weighted by Gasteiger charge is -2.15. The Morgan fingerprint density at radius 2 is 1.90 bits per heavy atom. The van der Waals surface area contributed by atoms with Gasteiger partial charge in [-0.25, -0.2) is 4.79 Å². The number of allylic oxidation sites excluding steroid dienone is 4. The van der Waals surface area contributed by atoms with Crippen molar-refractivity contribution in [2.24, 2.45) is 5.92 Å². The lowest BCUT2D eigenvalue weighted by Crippen LogP contribution is -2.16. The molecule has 0 saturated carbocycles. The second kappa shape index (κ2) is 16.0. The molecule has 1 aromatic rings. The summed E-state index contributed by atoms with van der Waals surface area (Å²) >= 11 is 0. The van der Waals surface area contributed by atoms with E-state index >= 15 is 0 Å². The van der Waals surface area contributed by atoms with Crippen LogP contribution < -0.4 is 0 Å². The van der Waals surface area contributed by atoms with E-state index in [-0.39, 0.29) is 5.57 Å². The molecule has 1 aliphatic carbocycles. The highest BCUT2D eigenvalue weighted by atomic mass is 16.5. The summed E-state index contributed by atoms with van der Waals surface area (Å²) < 4.78 is 5.52. The smallest absolute Gasteiger partial charge is 0.349 e. The van der Waals surface area contributed by atoms with Crippen LogP contribution in [-0.4, -0.2) is 12.6 Å². The molecule has 1 aromatic carbocycles. The standard InChI is InChI=1S/C22H27NO2.C3H6.C2H4/c1-4-7-10-16(5-2)15-25-22(24)20(14-23)21-17(6-3)13-18-11-8-9-12-19(18)21;1-3-2;1-2/h6,8-9,11-12,16H,4-5,7,10,13,15H2,1-3H3;3H,1H2,2H3;1-2H2/b17-6+,21-20-;;. The third kappa shape index (κ3) is 7.87. The van der Waals surface area contributed by atoms with Gasteiger partial charge < -0.3 is 4.74 Å². The molecule has 162 valence electrons. The van der Waals surface area contributed by atoms with E-state index in [0.29, 0.717) is 12.5 Å². The van der Waals surface area contributed by atoms with Gasteiger partial charge in [-0.2, -0.15) is 5.26 Å². The number of carbonyl (C=O) groups excluding carboxylic acids is 1. The molecule has 0 aromatic heterocycles. The van der Waals surface area contributed by atoms with Gasteiger partial charge in [0, 0.05) is 5.57 Å². The SMILES string of the molecule is C/C=C1\Cc2ccccc2\C1=C(\C#N)C(=O)OCC(CC)CCCC.C=C.C=CC. The van der Waals surface area contributed by atoms with Crippen molar-refractivity contribution >= 4 is 11.5 Å². The molecule has 2 rings (SSSR count). The second-order valence-corrected chi connectivity index (χ2v) is 6.93. The highest BCUT2D eigenvalue weighted by molar-refractivity contribution is 6.06. The minimum absolute atomic E-state index is 0.128. The number of hydrogen-bond acceptors (Lipinski definition) is 3. The average molecular weight is 408 g/mol. The van der Waals surface area contributed by atoms with Crippen molar-refractivity contribution in [1.82, 2.24) is 0 Å². The van der Waals surface area contributed by atoms with Crippen molar-refractivity contribution in [3.05, 3.63) is 78.4 Å². The average Bonchev–Trinajstić information content (AvgIpc) is 3.15. The van der Waals surface area contributed by atoms with E-state index < -0.39 is 5.97 Å². The molecule has 0 spiro atoms. The predicted molar refractivity (Wildman–Crippen MR) is 128 cm³/mol. The maximum Gasteiger partial charge on any atom is 0.349 e. The summed E-state index contributed by atoms with van der Waals surface area (Å²) in [6.45, 7) is 17.9. The number of nitriles is 1. The summed E-state index contributed by atoms with van der Waals surface area (Å²) in [7, 11) is 0. The van der Waals surface area contributed by atoms with Gasteiger partial charge in [0.2, 0.25) is 0 Å². The topological polar surface area (TPSA) is 50.1 Å². The molecule has 0 radical (unpaired) electrons. The number of hydrogen-bond donors (Lipinski definition) is 0. The van der Waals surface area contributed by atoms with E-state index in [0.717, 1.165) is 54.4 Å². The molecule has 1 aliphatic rings. The van der Waals surface area contributed by atoms with Crippen LogP contribution in [-0.2, 0) is 16.0 Å². The van der Waals surface area contributed by atoms with Crippen LogP contribution in [0.1, 0.15) is 64.5 Å². The number of carbonyl (C=O) groups is 1. The predicted octanol–water partition coefficient (Wildman–Crippen LogP) is 7.22. The lowest BCUT2D eigenvalue weighted by molar-refractivity contribution is -0.139. The zero-order valence-electron chi connectivity index (χ0n) is 19.2. The quantitative estimate of drug-likeness (QED) is 0.207. The third-order valence-corrected chi connectivity index (χ3v) is 4.90. The molecule has 0 heterocycles. The van der Waals surface area contributed by atoms with Gasteiger partial charge in [-0.1, -0.05) is 69.5 Å². The van der Waals surface area contributed by atoms with Crippen molar-refractivity contribution in [3.8, 4) is 6.07 Å². The molecule has 30 heavy (non-hydrogen) atoms. The van der Waals surface area contributed by atoms with Crippen molar-refractivity contribution < 1.29 is 9.53 Å². The molecule has 3 heteroatoms. The summed E-state index contributed by atoms with van der Waals surface area (Å²) in [5.74, 6) is -0.130. The Labute approximate surface area is 183 Å². The first-order valence-corrected chi connectivity index (χ1v) is 10.7. The summed E-state index contributed by atoms with van der Waals surface area (Å²) in [5, 5.41) is 9.62. The Balaban J connectivity index is 0.00000154. The van der Waals surface area contributed by atoms with Gasteiger partial charge in [0.05, 0.1) is 6.61 Å². The maximum atomic E-state index is 12.6. The van der Waals surface area contributed by atoms with Crippen LogP contribution in [0, 0.1) is 17.2 Å². The number of rotatable bonds is 7. The number of ether oxygens (including phenoxy) is 1. The Kier molecular flexibility index (Phi) is 14.5. The molecular formula is C27H37NO2. The first-order valence-electron chi connectivity index (χ1n) is 10.7. The molecule has 0 aliphatic heterocycles. The molecule has 1 unspecified atom stereocenters. The van der Waals surface area contributed by atoms with Gasteiger partial charge >= 0.3 is 5.97 Å². The maximum absolute atomic E-state index is 12.6. The zero-order valence-corrected chi connectivity index (χ0v) is 19.2. The van der Waals surface area contributed by atoms with Crippen LogP contribution in [0.25, 0.3) is 5.57 Å². The molecule has 0 bridgehead atoms. The zero-order chi connectivity index (χ0) is 22.9. The molecule has 0 saturated heterocycles. The summed E-state index contributed by atoms with van der Waals surface area (Å²) in [4.78, 5) is 12.6. The van der Waals surface area contributed by atoms with E-state index in [1.54, 1.807) is 6.08 Å². The van der Waals surface area contributed by atoms with E-state index in [4.69, 9.17) is 4.74 Å². The van der Waals surface area contributed by atoms with Crippen LogP contribution >= 0.6 is 0 Å². The lowest BCUT2D eigenvalue weighted by atomic mass is 9.98. The van der Waals surface area contributed by atoms with Crippen LogP contribution in [0.15, 0.2) is 67.3 Å². The Morgan fingerprint density at radius 3 is 2.43 bits per heavy atom. The van der Waals surface area contributed by atoms with Crippen LogP contribution in [0.5, 0.6) is 0 Å². The minimum Gasteiger partial charge on any atom is -0.461 e. The van der Waals surface area contributed by atoms with Gasteiger partial charge in [0.15, 0.2) is 0 Å². The fourth-order valence-corrected chi connectivity index (χ4v) is 3.29. The summed E-state index contributed by atoms with van der Waals surface area (Å²) in [6.07, 6.45) is 8.80. The van der Waals surface area contributed by atoms with Crippen molar-refractivity contribution in [3.63, 3.8) is 0 Å². The van der Waals surface area contributed by atoms with E-state index in [1.165, 1.54) is 0 Å². The molecule has 1 atom stereocenters. The molecular weight excluding hydrogens is 370 g/mol. The fraction of sp³-hybridized carbons (Fsp3) is 0.407. The van der Waals surface area contributed by atoms with Gasteiger partial charge in [-0.15, -0.1) is 19.7 Å². The van der Waals surface area contributed by atoms with Crippen molar-refractivity contribution in [1.29, 1.82) is 5.26 Å².